The Bertz CT molecular complexity index is 938. The number of aryl methyl sites for hydroxylation is 2. The van der Waals surface area contributed by atoms with Crippen molar-refractivity contribution < 1.29 is 25.9 Å². The topological polar surface area (TPSA) is 185 Å². The number of nitrogen functional groups attached to an aromatic ring is 2. The molecule has 0 bridgehead atoms. The Labute approximate surface area is 150 Å². The summed E-state index contributed by atoms with van der Waals surface area (Å²) >= 11 is 0. The van der Waals surface area contributed by atoms with Crippen molar-refractivity contribution in [1.82, 2.24) is 0 Å². The van der Waals surface area contributed by atoms with Gasteiger partial charge >= 0.3 is 0 Å². The van der Waals surface area contributed by atoms with Crippen LogP contribution in [0.2, 0.25) is 0 Å². The second-order valence-electron chi connectivity index (χ2n) is 5.38. The number of nitrogens with one attached hydrogen (secondary N) is 2. The van der Waals surface area contributed by atoms with Gasteiger partial charge in [-0.05, 0) is 48.2 Å². The van der Waals surface area contributed by atoms with Crippen molar-refractivity contribution in [3.05, 3.63) is 47.5 Å². The van der Waals surface area contributed by atoms with Gasteiger partial charge in [0.1, 0.15) is 0 Å². The minimum Gasteiger partial charge on any atom is -0.324 e. The number of hydrogen-bond acceptors (Lipinski definition) is 8. The van der Waals surface area contributed by atoms with Crippen LogP contribution in [0.5, 0.6) is 0 Å². The summed E-state index contributed by atoms with van der Waals surface area (Å²) in [5.41, 5.74) is 5.62. The summed E-state index contributed by atoms with van der Waals surface area (Å²) in [5, 5.41) is 0. The molecule has 0 aliphatic carbocycles. The van der Waals surface area contributed by atoms with Crippen molar-refractivity contribution in [2.24, 2.45) is 11.7 Å². The number of anilines is 2. The van der Waals surface area contributed by atoms with Gasteiger partial charge in [0.2, 0.25) is 0 Å². The molecule has 0 radical (unpaired) electrons. The highest BCUT2D eigenvalue weighted by molar-refractivity contribution is 7.86. The van der Waals surface area contributed by atoms with Gasteiger partial charge in [0.15, 0.2) is 0 Å². The van der Waals surface area contributed by atoms with Crippen LogP contribution < -0.4 is 22.5 Å². The molecule has 12 heteroatoms. The van der Waals surface area contributed by atoms with Crippen molar-refractivity contribution in [3.63, 3.8) is 0 Å². The predicted octanol–water partition coefficient (Wildman–Crippen LogP) is 0.536. The Kier molecular flexibility index (Phi) is 5.85. The van der Waals surface area contributed by atoms with Gasteiger partial charge in [-0.2, -0.15) is 16.8 Å². The summed E-state index contributed by atoms with van der Waals surface area (Å²) < 4.78 is 65.1. The van der Waals surface area contributed by atoms with E-state index in [-0.39, 0.29) is 45.1 Å². The molecule has 26 heavy (non-hydrogen) atoms. The maximum atomic E-state index is 11.6. The van der Waals surface area contributed by atoms with E-state index in [1.165, 1.54) is 24.3 Å². The molecule has 0 aliphatic heterocycles. The fraction of sp³-hybridized carbons (Fsp3) is 0.143. The van der Waals surface area contributed by atoms with Gasteiger partial charge in [0, 0.05) is 11.4 Å². The quantitative estimate of drug-likeness (QED) is 0.217. The first-order chi connectivity index (χ1) is 12.1. The Morgan fingerprint density at radius 1 is 0.731 bits per heavy atom. The van der Waals surface area contributed by atoms with E-state index >= 15 is 0 Å². The van der Waals surface area contributed by atoms with E-state index < -0.39 is 20.2 Å². The van der Waals surface area contributed by atoms with Crippen molar-refractivity contribution >= 4 is 31.6 Å². The number of benzene rings is 2. The van der Waals surface area contributed by atoms with Crippen LogP contribution in [0.4, 0.5) is 11.4 Å². The third kappa shape index (κ3) is 4.69. The molecule has 0 spiro atoms. The lowest BCUT2D eigenvalue weighted by Gasteiger charge is -2.12. The van der Waals surface area contributed by atoms with Crippen LogP contribution in [0.25, 0.3) is 0 Å². The average molecular weight is 402 g/mol. The smallest absolute Gasteiger partial charge is 0.294 e. The Morgan fingerprint density at radius 2 is 1.08 bits per heavy atom. The van der Waals surface area contributed by atoms with Crippen LogP contribution in [0.15, 0.2) is 46.2 Å². The van der Waals surface area contributed by atoms with Gasteiger partial charge in [-0.15, -0.1) is 0 Å². The highest BCUT2D eigenvalue weighted by Gasteiger charge is 2.19. The minimum atomic E-state index is -4.51. The number of hydrazine groups is 2. The molecule has 0 saturated heterocycles. The molecule has 0 atom stereocenters. The molecule has 2 rings (SSSR count). The fourth-order valence-corrected chi connectivity index (χ4v) is 4.01. The van der Waals surface area contributed by atoms with E-state index in [0.29, 0.717) is 0 Å². The van der Waals surface area contributed by atoms with Gasteiger partial charge in [0.25, 0.3) is 20.2 Å². The maximum Gasteiger partial charge on any atom is 0.294 e. The van der Waals surface area contributed by atoms with Crippen molar-refractivity contribution in [1.29, 1.82) is 0 Å². The number of hydrogen-bond donors (Lipinski definition) is 6. The van der Waals surface area contributed by atoms with Gasteiger partial charge in [0.05, 0.1) is 9.79 Å². The van der Waals surface area contributed by atoms with Crippen molar-refractivity contribution in [2.45, 2.75) is 22.6 Å². The van der Waals surface area contributed by atoms with Gasteiger partial charge < -0.3 is 10.9 Å². The van der Waals surface area contributed by atoms with Crippen LogP contribution in [0.3, 0.4) is 0 Å². The highest BCUT2D eigenvalue weighted by Crippen LogP contribution is 2.25. The summed E-state index contributed by atoms with van der Waals surface area (Å²) in [4.78, 5) is -0.691. The standard InChI is InChI=1S/C14H18N4O6S2/c15-17-11-5-3-9(13(7-11)25(19,20)21)1-2-10-4-6-12(18-16)8-14(10)26(22,23)24/h3-8,17-18H,1-2,15-16H2,(H,19,20,21)(H,22,23,24). The number of rotatable bonds is 7. The largest absolute Gasteiger partial charge is 0.324 e. The van der Waals surface area contributed by atoms with Crippen LogP contribution in [-0.4, -0.2) is 25.9 Å². The molecular formula is C14H18N4O6S2. The Morgan fingerprint density at radius 3 is 1.35 bits per heavy atom. The second-order valence-corrected chi connectivity index (χ2v) is 8.16. The third-order valence-corrected chi connectivity index (χ3v) is 5.56. The lowest BCUT2D eigenvalue weighted by Crippen LogP contribution is -2.11. The summed E-state index contributed by atoms with van der Waals surface area (Å²) in [6.07, 6.45) is 0.162. The van der Waals surface area contributed by atoms with Crippen molar-refractivity contribution in [3.8, 4) is 0 Å². The van der Waals surface area contributed by atoms with E-state index in [4.69, 9.17) is 11.7 Å². The van der Waals surface area contributed by atoms with Crippen LogP contribution in [0, 0.1) is 0 Å². The third-order valence-electron chi connectivity index (χ3n) is 3.69. The van der Waals surface area contributed by atoms with E-state index in [1.807, 2.05) is 0 Å². The zero-order valence-corrected chi connectivity index (χ0v) is 15.0. The molecule has 2 aromatic carbocycles. The van der Waals surface area contributed by atoms with Crippen LogP contribution in [0.1, 0.15) is 11.1 Å². The first-order valence-corrected chi connectivity index (χ1v) is 10.1. The normalized spacial score (nSPS) is 12.0. The van der Waals surface area contributed by atoms with Gasteiger partial charge in [-0.3, -0.25) is 20.8 Å². The SMILES string of the molecule is NNc1ccc(CCc2ccc(NN)cc2S(=O)(=O)O)c(S(=O)(=O)O)c1. The van der Waals surface area contributed by atoms with Gasteiger partial charge in [-0.25, -0.2) is 0 Å². The average Bonchev–Trinajstić information content (AvgIpc) is 2.58. The molecule has 0 unspecified atom stereocenters. The second kappa shape index (κ2) is 7.57. The fourth-order valence-electron chi connectivity index (χ4n) is 2.45. The Hall–Kier alpha value is -2.22. The lowest BCUT2D eigenvalue weighted by molar-refractivity contribution is 0.479. The molecule has 0 fully saturated rings. The molecule has 10 nitrogen and oxygen atoms in total. The molecule has 0 amide bonds. The summed E-state index contributed by atoms with van der Waals surface area (Å²) in [5.74, 6) is 10.5. The zero-order valence-electron chi connectivity index (χ0n) is 13.4. The summed E-state index contributed by atoms with van der Waals surface area (Å²) in [6, 6.07) is 8.23. The summed E-state index contributed by atoms with van der Waals surface area (Å²) in [7, 11) is -9.02. The summed E-state index contributed by atoms with van der Waals surface area (Å²) in [6.45, 7) is 0. The molecule has 0 aromatic heterocycles. The molecule has 0 aliphatic rings. The lowest BCUT2D eigenvalue weighted by atomic mass is 10.0. The van der Waals surface area contributed by atoms with E-state index in [1.54, 1.807) is 0 Å². The molecule has 0 saturated carbocycles. The van der Waals surface area contributed by atoms with Crippen molar-refractivity contribution in [2.75, 3.05) is 10.9 Å². The first kappa shape index (κ1) is 20.1. The molecule has 0 heterocycles. The minimum absolute atomic E-state index is 0.0812. The van der Waals surface area contributed by atoms with Crippen LogP contribution in [-0.2, 0) is 33.1 Å². The monoisotopic (exact) mass is 402 g/mol. The predicted molar refractivity (Wildman–Crippen MR) is 95.5 cm³/mol. The first-order valence-electron chi connectivity index (χ1n) is 7.20. The van der Waals surface area contributed by atoms with E-state index in [0.717, 1.165) is 12.1 Å². The number of nitrogens with two attached hydrogens (primary N) is 2. The van der Waals surface area contributed by atoms with E-state index in [9.17, 15) is 25.9 Å². The molecule has 142 valence electrons. The molecular weight excluding hydrogens is 384 g/mol. The van der Waals surface area contributed by atoms with E-state index in [2.05, 4.69) is 10.9 Å². The molecule has 8 N–H and O–H groups in total. The molecule has 2 aromatic rings. The maximum absolute atomic E-state index is 11.6. The zero-order chi connectivity index (χ0) is 19.5. The van der Waals surface area contributed by atoms with Crippen LogP contribution >= 0.6 is 0 Å². The highest BCUT2D eigenvalue weighted by atomic mass is 32.2. The Balaban J connectivity index is 2.41. The van der Waals surface area contributed by atoms with Gasteiger partial charge in [-0.1, -0.05) is 12.1 Å².